The number of benzene rings is 1. The first kappa shape index (κ1) is 13.8. The highest BCUT2D eigenvalue weighted by molar-refractivity contribution is 5.74. The Morgan fingerprint density at radius 1 is 1.29 bits per heavy atom. The van der Waals surface area contributed by atoms with Gasteiger partial charge in [-0.3, -0.25) is 4.68 Å². The summed E-state index contributed by atoms with van der Waals surface area (Å²) in [5.74, 6) is 0. The Morgan fingerprint density at radius 3 is 2.90 bits per heavy atom. The predicted molar refractivity (Wildman–Crippen MR) is 84.1 cm³/mol. The maximum absolute atomic E-state index is 4.46. The first-order valence-electron chi connectivity index (χ1n) is 7.37. The normalized spacial score (nSPS) is 12.9. The molecule has 0 saturated carbocycles. The van der Waals surface area contributed by atoms with Crippen LogP contribution in [0.15, 0.2) is 43.0 Å². The maximum Gasteiger partial charge on any atom is 0.0958 e. The molecule has 5 heteroatoms. The minimum atomic E-state index is 0.372. The van der Waals surface area contributed by atoms with Crippen LogP contribution in [0.5, 0.6) is 0 Å². The monoisotopic (exact) mass is 283 g/mol. The summed E-state index contributed by atoms with van der Waals surface area (Å²) in [5, 5.41) is 7.80. The Bertz CT molecular complexity index is 712. The highest BCUT2D eigenvalue weighted by Gasteiger charge is 2.12. The number of likely N-dealkylation sites (N-methyl/N-ethyl adjacent to an activating group) is 1. The number of hydrogen-bond donors (Lipinski definition) is 1. The van der Waals surface area contributed by atoms with E-state index in [4.69, 9.17) is 0 Å². The van der Waals surface area contributed by atoms with E-state index in [0.29, 0.717) is 6.04 Å². The average Bonchev–Trinajstić information content (AvgIpc) is 3.06. The molecule has 0 bridgehead atoms. The SMILES string of the molecule is CCNC(Cc1cnn(C)c1)Cn1cnc2ccccc21. The fourth-order valence-electron chi connectivity index (χ4n) is 2.74. The van der Waals surface area contributed by atoms with E-state index in [1.165, 1.54) is 11.1 Å². The van der Waals surface area contributed by atoms with Crippen LogP contribution < -0.4 is 5.32 Å². The molecule has 0 spiro atoms. The Hall–Kier alpha value is -2.14. The summed E-state index contributed by atoms with van der Waals surface area (Å²) in [6, 6.07) is 8.63. The lowest BCUT2D eigenvalue weighted by Gasteiger charge is -2.18. The van der Waals surface area contributed by atoms with Crippen molar-refractivity contribution in [3.8, 4) is 0 Å². The summed E-state index contributed by atoms with van der Waals surface area (Å²) < 4.78 is 4.07. The first-order chi connectivity index (χ1) is 10.3. The van der Waals surface area contributed by atoms with Crippen LogP contribution in [0, 0.1) is 0 Å². The Balaban J connectivity index is 1.78. The quantitative estimate of drug-likeness (QED) is 0.752. The molecule has 0 fully saturated rings. The minimum absolute atomic E-state index is 0.372. The molecule has 21 heavy (non-hydrogen) atoms. The first-order valence-corrected chi connectivity index (χ1v) is 7.37. The Morgan fingerprint density at radius 2 is 2.14 bits per heavy atom. The molecule has 110 valence electrons. The average molecular weight is 283 g/mol. The van der Waals surface area contributed by atoms with Crippen LogP contribution in [-0.4, -0.2) is 31.9 Å². The molecule has 1 N–H and O–H groups in total. The molecule has 1 unspecified atom stereocenters. The topological polar surface area (TPSA) is 47.7 Å². The van der Waals surface area contributed by atoms with Crippen LogP contribution in [0.1, 0.15) is 12.5 Å². The summed E-state index contributed by atoms with van der Waals surface area (Å²) in [6.45, 7) is 4.00. The molecule has 0 aliphatic carbocycles. The van der Waals surface area contributed by atoms with Gasteiger partial charge in [-0.15, -0.1) is 0 Å². The van der Waals surface area contributed by atoms with Gasteiger partial charge in [-0.2, -0.15) is 5.10 Å². The van der Waals surface area contributed by atoms with Crippen LogP contribution in [0.25, 0.3) is 11.0 Å². The van der Waals surface area contributed by atoms with Crippen molar-refractivity contribution in [2.45, 2.75) is 25.9 Å². The van der Waals surface area contributed by atoms with Gasteiger partial charge in [0, 0.05) is 25.8 Å². The third-order valence-electron chi connectivity index (χ3n) is 3.68. The molecule has 3 rings (SSSR count). The molecule has 5 nitrogen and oxygen atoms in total. The number of aryl methyl sites for hydroxylation is 1. The second-order valence-electron chi connectivity index (χ2n) is 5.37. The number of imidazole rings is 1. The lowest BCUT2D eigenvalue weighted by molar-refractivity contribution is 0.461. The number of fused-ring (bicyclic) bond motifs is 1. The van der Waals surface area contributed by atoms with E-state index >= 15 is 0 Å². The van der Waals surface area contributed by atoms with Gasteiger partial charge in [0.05, 0.1) is 23.6 Å². The van der Waals surface area contributed by atoms with Gasteiger partial charge >= 0.3 is 0 Å². The summed E-state index contributed by atoms with van der Waals surface area (Å²) in [4.78, 5) is 4.46. The van der Waals surface area contributed by atoms with E-state index in [2.05, 4.69) is 51.3 Å². The lowest BCUT2D eigenvalue weighted by atomic mass is 10.1. The van der Waals surface area contributed by atoms with Crippen LogP contribution >= 0.6 is 0 Å². The molecule has 0 aliphatic heterocycles. The van der Waals surface area contributed by atoms with Crippen molar-refractivity contribution in [2.24, 2.45) is 7.05 Å². The molecule has 0 aliphatic rings. The molecule has 2 heterocycles. The van der Waals surface area contributed by atoms with Crippen molar-refractivity contribution in [3.05, 3.63) is 48.5 Å². The van der Waals surface area contributed by atoms with Crippen molar-refractivity contribution in [2.75, 3.05) is 6.54 Å². The molecule has 0 saturated heterocycles. The van der Waals surface area contributed by atoms with E-state index < -0.39 is 0 Å². The molecule has 2 aromatic heterocycles. The number of nitrogens with zero attached hydrogens (tertiary/aromatic N) is 4. The number of rotatable bonds is 6. The lowest BCUT2D eigenvalue weighted by Crippen LogP contribution is -2.34. The Labute approximate surface area is 124 Å². The number of aromatic nitrogens is 4. The largest absolute Gasteiger partial charge is 0.329 e. The summed E-state index contributed by atoms with van der Waals surface area (Å²) in [6.07, 6.45) is 6.92. The van der Waals surface area contributed by atoms with Crippen molar-refractivity contribution in [1.29, 1.82) is 0 Å². The van der Waals surface area contributed by atoms with Gasteiger partial charge in [0.1, 0.15) is 0 Å². The Kier molecular flexibility index (Phi) is 4.01. The standard InChI is InChI=1S/C16H21N5/c1-3-17-14(8-13-9-19-20(2)10-13)11-21-12-18-15-6-4-5-7-16(15)21/h4-7,9-10,12,14,17H,3,8,11H2,1-2H3. The van der Waals surface area contributed by atoms with Gasteiger partial charge in [0.15, 0.2) is 0 Å². The number of para-hydroxylation sites is 2. The van der Waals surface area contributed by atoms with Gasteiger partial charge in [0.2, 0.25) is 0 Å². The summed E-state index contributed by atoms with van der Waals surface area (Å²) in [7, 11) is 1.95. The van der Waals surface area contributed by atoms with Crippen LogP contribution in [0.3, 0.4) is 0 Å². The number of hydrogen-bond acceptors (Lipinski definition) is 3. The highest BCUT2D eigenvalue weighted by atomic mass is 15.2. The van der Waals surface area contributed by atoms with Crippen molar-refractivity contribution < 1.29 is 0 Å². The second-order valence-corrected chi connectivity index (χ2v) is 5.37. The zero-order chi connectivity index (χ0) is 14.7. The van der Waals surface area contributed by atoms with E-state index in [1.54, 1.807) is 0 Å². The van der Waals surface area contributed by atoms with E-state index in [0.717, 1.165) is 25.0 Å². The fraction of sp³-hybridized carbons (Fsp3) is 0.375. The molecule has 3 aromatic rings. The van der Waals surface area contributed by atoms with E-state index in [1.807, 2.05) is 30.3 Å². The summed E-state index contributed by atoms with van der Waals surface area (Å²) >= 11 is 0. The molecule has 0 radical (unpaired) electrons. The zero-order valence-electron chi connectivity index (χ0n) is 12.5. The van der Waals surface area contributed by atoms with E-state index in [-0.39, 0.29) is 0 Å². The van der Waals surface area contributed by atoms with Crippen LogP contribution in [-0.2, 0) is 20.0 Å². The van der Waals surface area contributed by atoms with Crippen LogP contribution in [0.4, 0.5) is 0 Å². The summed E-state index contributed by atoms with van der Waals surface area (Å²) in [5.41, 5.74) is 3.49. The maximum atomic E-state index is 4.46. The third kappa shape index (κ3) is 3.13. The molecule has 1 atom stereocenters. The highest BCUT2D eigenvalue weighted by Crippen LogP contribution is 2.13. The van der Waals surface area contributed by atoms with Gasteiger partial charge in [-0.25, -0.2) is 4.98 Å². The van der Waals surface area contributed by atoms with Gasteiger partial charge in [-0.1, -0.05) is 19.1 Å². The molecular formula is C16H21N5. The van der Waals surface area contributed by atoms with Gasteiger partial charge < -0.3 is 9.88 Å². The van der Waals surface area contributed by atoms with Crippen LogP contribution in [0.2, 0.25) is 0 Å². The van der Waals surface area contributed by atoms with Gasteiger partial charge in [-0.05, 0) is 30.7 Å². The predicted octanol–water partition coefficient (Wildman–Crippen LogP) is 1.99. The smallest absolute Gasteiger partial charge is 0.0958 e. The number of nitrogens with one attached hydrogen (secondary N) is 1. The van der Waals surface area contributed by atoms with Crippen molar-refractivity contribution in [3.63, 3.8) is 0 Å². The van der Waals surface area contributed by atoms with Crippen molar-refractivity contribution >= 4 is 11.0 Å². The third-order valence-corrected chi connectivity index (χ3v) is 3.68. The minimum Gasteiger partial charge on any atom is -0.329 e. The molecule has 1 aromatic carbocycles. The van der Waals surface area contributed by atoms with Gasteiger partial charge in [0.25, 0.3) is 0 Å². The van der Waals surface area contributed by atoms with E-state index in [9.17, 15) is 0 Å². The molecular weight excluding hydrogens is 262 g/mol. The molecule has 0 amide bonds. The second kappa shape index (κ2) is 6.10. The fourth-order valence-corrected chi connectivity index (χ4v) is 2.74. The van der Waals surface area contributed by atoms with Crippen molar-refractivity contribution in [1.82, 2.24) is 24.6 Å². The zero-order valence-corrected chi connectivity index (χ0v) is 12.5.